The normalized spacial score (nSPS) is 17.4. The highest BCUT2D eigenvalue weighted by molar-refractivity contribution is 7.80. The molecule has 0 unspecified atom stereocenters. The van der Waals surface area contributed by atoms with Crippen LogP contribution in [-0.2, 0) is 0 Å². The van der Waals surface area contributed by atoms with Crippen LogP contribution >= 0.6 is 12.2 Å². The lowest BCUT2D eigenvalue weighted by Crippen LogP contribution is -2.29. The summed E-state index contributed by atoms with van der Waals surface area (Å²) in [4.78, 5) is 6.93. The van der Waals surface area contributed by atoms with Gasteiger partial charge in [-0.25, -0.2) is 0 Å². The summed E-state index contributed by atoms with van der Waals surface area (Å²) >= 11 is 5.94. The van der Waals surface area contributed by atoms with Crippen LogP contribution in [0.2, 0.25) is 0 Å². The van der Waals surface area contributed by atoms with Gasteiger partial charge in [-0.1, -0.05) is 12.1 Å². The molecule has 4 aromatic rings. The molecular weight excluding hydrogens is 476 g/mol. The average molecular weight is 511 g/mol. The van der Waals surface area contributed by atoms with E-state index in [4.69, 9.17) is 21.9 Å². The molecular formula is C31H34N4OS. The molecule has 0 spiro atoms. The summed E-state index contributed by atoms with van der Waals surface area (Å²) in [5, 5.41) is 4.27. The molecule has 0 aliphatic carbocycles. The maximum Gasteiger partial charge on any atom is 0.174 e. The summed E-state index contributed by atoms with van der Waals surface area (Å²) in [5.74, 6) is 0.850. The summed E-state index contributed by atoms with van der Waals surface area (Å²) in [7, 11) is 0. The molecule has 2 aromatic heterocycles. The first-order valence-corrected chi connectivity index (χ1v) is 13.2. The van der Waals surface area contributed by atoms with Gasteiger partial charge in [-0.3, -0.25) is 4.98 Å². The Labute approximate surface area is 225 Å². The number of hydrogen-bond donors (Lipinski definition) is 1. The van der Waals surface area contributed by atoms with Crippen molar-refractivity contribution in [3.63, 3.8) is 0 Å². The molecule has 2 aromatic carbocycles. The van der Waals surface area contributed by atoms with Crippen molar-refractivity contribution >= 4 is 23.0 Å². The SMILES string of the molecule is Cc1cc(C)cc(-n2c(C)cc([C@H]3[C@H](c4ccccn4)NC(=S)N3c3ccc(OC(C)C)cc3)c2C)c1. The van der Waals surface area contributed by atoms with Crippen LogP contribution in [0.3, 0.4) is 0 Å². The van der Waals surface area contributed by atoms with Crippen molar-refractivity contribution in [3.05, 3.63) is 107 Å². The highest BCUT2D eigenvalue weighted by Crippen LogP contribution is 2.44. The number of pyridine rings is 1. The molecule has 0 radical (unpaired) electrons. The summed E-state index contributed by atoms with van der Waals surface area (Å²) < 4.78 is 8.24. The molecule has 0 saturated carbocycles. The fraction of sp³-hybridized carbons (Fsp3) is 0.290. The Hall–Kier alpha value is -3.64. The number of nitrogens with zero attached hydrogens (tertiary/aromatic N) is 3. The van der Waals surface area contributed by atoms with Crippen molar-refractivity contribution in [2.24, 2.45) is 0 Å². The van der Waals surface area contributed by atoms with E-state index in [0.717, 1.165) is 17.1 Å². The van der Waals surface area contributed by atoms with Gasteiger partial charge in [0.25, 0.3) is 0 Å². The van der Waals surface area contributed by atoms with Crippen molar-refractivity contribution < 1.29 is 4.74 Å². The minimum absolute atomic E-state index is 0.0647. The van der Waals surface area contributed by atoms with Crippen LogP contribution in [-0.4, -0.2) is 20.8 Å². The smallest absolute Gasteiger partial charge is 0.174 e. The quantitative estimate of drug-likeness (QED) is 0.281. The van der Waals surface area contributed by atoms with Crippen LogP contribution in [0.15, 0.2) is 72.9 Å². The van der Waals surface area contributed by atoms with Crippen LogP contribution in [0.5, 0.6) is 5.75 Å². The zero-order valence-corrected chi connectivity index (χ0v) is 23.1. The van der Waals surface area contributed by atoms with Crippen molar-refractivity contribution in [2.75, 3.05) is 4.90 Å². The second kappa shape index (κ2) is 10.0. The number of aryl methyl sites for hydroxylation is 3. The molecule has 1 aliphatic rings. The lowest BCUT2D eigenvalue weighted by atomic mass is 9.96. The summed E-state index contributed by atoms with van der Waals surface area (Å²) in [6.45, 7) is 12.7. The van der Waals surface area contributed by atoms with Gasteiger partial charge in [-0.05, 0) is 125 Å². The number of ether oxygens (including phenoxy) is 1. The largest absolute Gasteiger partial charge is 0.491 e. The van der Waals surface area contributed by atoms with Gasteiger partial charge in [0.05, 0.1) is 23.9 Å². The lowest BCUT2D eigenvalue weighted by Gasteiger charge is -2.28. The Morgan fingerprint density at radius 1 is 0.892 bits per heavy atom. The van der Waals surface area contributed by atoms with Crippen LogP contribution in [0.1, 0.15) is 59.7 Å². The highest BCUT2D eigenvalue weighted by atomic mass is 32.1. The van der Waals surface area contributed by atoms with E-state index >= 15 is 0 Å². The van der Waals surface area contributed by atoms with E-state index in [0.29, 0.717) is 5.11 Å². The molecule has 37 heavy (non-hydrogen) atoms. The maximum atomic E-state index is 5.94. The number of anilines is 1. The Morgan fingerprint density at radius 2 is 1.59 bits per heavy atom. The minimum atomic E-state index is -0.0894. The molecule has 2 atom stereocenters. The molecule has 5 rings (SSSR count). The zero-order chi connectivity index (χ0) is 26.3. The van der Waals surface area contributed by atoms with E-state index in [1.54, 1.807) is 0 Å². The molecule has 0 bridgehead atoms. The summed E-state index contributed by atoms with van der Waals surface area (Å²) in [6.07, 6.45) is 1.97. The number of aromatic nitrogens is 2. The Bertz CT molecular complexity index is 1410. The van der Waals surface area contributed by atoms with Gasteiger partial charge in [0, 0.05) is 29.0 Å². The Balaban J connectivity index is 1.64. The van der Waals surface area contributed by atoms with Crippen molar-refractivity contribution in [2.45, 2.75) is 59.7 Å². The predicted molar refractivity (Wildman–Crippen MR) is 155 cm³/mol. The van der Waals surface area contributed by atoms with E-state index in [9.17, 15) is 0 Å². The standard InChI is InChI=1S/C31H34N4OS/c1-19(2)36-26-12-10-24(11-13-26)35-30(29(33-31(35)37)28-9-7-8-14-32-28)27-18-22(5)34(23(27)6)25-16-20(3)15-21(4)17-25/h7-19,29-30H,1-6H3,(H,33,37)/t29-,30-/m0/s1. The van der Waals surface area contributed by atoms with Gasteiger partial charge in [0.2, 0.25) is 0 Å². The van der Waals surface area contributed by atoms with E-state index in [-0.39, 0.29) is 18.2 Å². The van der Waals surface area contributed by atoms with E-state index in [1.807, 2.05) is 44.3 Å². The molecule has 5 nitrogen and oxygen atoms in total. The summed E-state index contributed by atoms with van der Waals surface area (Å²) in [5.41, 5.74) is 9.29. The second-order valence-corrected chi connectivity index (χ2v) is 10.6. The number of nitrogens with one attached hydrogen (secondary N) is 1. The molecule has 1 N–H and O–H groups in total. The second-order valence-electron chi connectivity index (χ2n) is 10.2. The third-order valence-electron chi connectivity index (χ3n) is 6.84. The highest BCUT2D eigenvalue weighted by Gasteiger charge is 2.42. The van der Waals surface area contributed by atoms with Crippen molar-refractivity contribution in [1.29, 1.82) is 0 Å². The minimum Gasteiger partial charge on any atom is -0.491 e. The fourth-order valence-corrected chi connectivity index (χ4v) is 5.82. The molecule has 1 saturated heterocycles. The van der Waals surface area contributed by atoms with Crippen molar-refractivity contribution in [1.82, 2.24) is 14.9 Å². The number of hydrogen-bond acceptors (Lipinski definition) is 3. The fourth-order valence-electron chi connectivity index (χ4n) is 5.47. The number of rotatable bonds is 6. The lowest BCUT2D eigenvalue weighted by molar-refractivity contribution is 0.242. The molecule has 190 valence electrons. The third-order valence-corrected chi connectivity index (χ3v) is 7.15. The number of thiocarbonyl (C=S) groups is 1. The van der Waals surface area contributed by atoms with Crippen LogP contribution < -0.4 is 15.0 Å². The van der Waals surface area contributed by atoms with Gasteiger partial charge in [-0.15, -0.1) is 0 Å². The molecule has 3 heterocycles. The maximum absolute atomic E-state index is 5.94. The van der Waals surface area contributed by atoms with Gasteiger partial charge in [-0.2, -0.15) is 0 Å². The van der Waals surface area contributed by atoms with Crippen LogP contribution in [0.25, 0.3) is 5.69 Å². The van der Waals surface area contributed by atoms with Crippen LogP contribution in [0.4, 0.5) is 5.69 Å². The van der Waals surface area contributed by atoms with Crippen LogP contribution in [0, 0.1) is 27.7 Å². The van der Waals surface area contributed by atoms with Gasteiger partial charge >= 0.3 is 0 Å². The third kappa shape index (κ3) is 4.86. The van der Waals surface area contributed by atoms with Gasteiger partial charge in [0.1, 0.15) is 5.75 Å². The first-order chi connectivity index (χ1) is 17.7. The van der Waals surface area contributed by atoms with Gasteiger partial charge < -0.3 is 19.5 Å². The first kappa shape index (κ1) is 25.0. The topological polar surface area (TPSA) is 42.3 Å². The number of benzene rings is 2. The monoisotopic (exact) mass is 510 g/mol. The van der Waals surface area contributed by atoms with E-state index < -0.39 is 0 Å². The Morgan fingerprint density at radius 3 is 2.22 bits per heavy atom. The average Bonchev–Trinajstić information content (AvgIpc) is 3.34. The van der Waals surface area contributed by atoms with Crippen molar-refractivity contribution in [3.8, 4) is 11.4 Å². The summed E-state index contributed by atoms with van der Waals surface area (Å²) in [6, 6.07) is 23.1. The zero-order valence-electron chi connectivity index (χ0n) is 22.3. The van der Waals surface area contributed by atoms with E-state index in [1.165, 1.54) is 33.8 Å². The Kier molecular flexibility index (Phi) is 6.78. The molecule has 6 heteroatoms. The molecule has 1 aliphatic heterocycles. The van der Waals surface area contributed by atoms with E-state index in [2.05, 4.69) is 84.9 Å². The molecule has 0 amide bonds. The predicted octanol–water partition coefficient (Wildman–Crippen LogP) is 7.07. The van der Waals surface area contributed by atoms with Gasteiger partial charge in [0.15, 0.2) is 5.11 Å². The molecule has 1 fully saturated rings. The first-order valence-electron chi connectivity index (χ1n) is 12.8.